The minimum Gasteiger partial charge on any atom is -0.367 e. The summed E-state index contributed by atoms with van der Waals surface area (Å²) in [6.07, 6.45) is 12.4. The van der Waals surface area contributed by atoms with Gasteiger partial charge in [0.2, 0.25) is 5.91 Å². The van der Waals surface area contributed by atoms with Crippen LogP contribution in [0.5, 0.6) is 0 Å². The van der Waals surface area contributed by atoms with Crippen LogP contribution in [0.15, 0.2) is 43.0 Å². The highest BCUT2D eigenvalue weighted by Gasteiger charge is 2.29. The summed E-state index contributed by atoms with van der Waals surface area (Å²) in [4.78, 5) is 44.6. The van der Waals surface area contributed by atoms with Crippen LogP contribution >= 0.6 is 0 Å². The summed E-state index contributed by atoms with van der Waals surface area (Å²) in [6, 6.07) is 6.04. The number of likely N-dealkylation sites (N-methyl/N-ethyl adjacent to an activating group) is 1. The molecule has 1 saturated carbocycles. The summed E-state index contributed by atoms with van der Waals surface area (Å²) >= 11 is 0. The van der Waals surface area contributed by atoms with Gasteiger partial charge in [-0.1, -0.05) is 19.3 Å². The van der Waals surface area contributed by atoms with Crippen LogP contribution in [0.25, 0.3) is 44.7 Å². The Morgan fingerprint density at radius 1 is 1.00 bits per heavy atom. The number of anilines is 4. The van der Waals surface area contributed by atoms with Crippen molar-refractivity contribution in [1.82, 2.24) is 34.8 Å². The number of H-pyrrole nitrogens is 1. The molecule has 0 radical (unpaired) electrons. The largest absolute Gasteiger partial charge is 0.367 e. The van der Waals surface area contributed by atoms with Gasteiger partial charge in [-0.2, -0.15) is 0 Å². The van der Waals surface area contributed by atoms with Gasteiger partial charge in [0.1, 0.15) is 11.3 Å². The van der Waals surface area contributed by atoms with Crippen molar-refractivity contribution in [1.29, 1.82) is 0 Å². The second-order valence-electron chi connectivity index (χ2n) is 11.6. The van der Waals surface area contributed by atoms with Crippen molar-refractivity contribution in [3.8, 4) is 22.6 Å². The van der Waals surface area contributed by atoms with Crippen LogP contribution in [0.3, 0.4) is 0 Å². The lowest BCUT2D eigenvalue weighted by Gasteiger charge is -2.34. The summed E-state index contributed by atoms with van der Waals surface area (Å²) in [6.45, 7) is 3.96. The normalized spacial score (nSPS) is 17.3. The number of pyridine rings is 4. The number of carbonyl (C=O) groups is 1. The first-order valence-electron chi connectivity index (χ1n) is 14.8. The molecule has 3 N–H and O–H groups in total. The fraction of sp³-hybridized carbons (Fsp3) is 0.355. The van der Waals surface area contributed by atoms with Crippen molar-refractivity contribution in [3.63, 3.8) is 0 Å². The number of fused-ring (bicyclic) bond motifs is 3. The van der Waals surface area contributed by atoms with Crippen LogP contribution in [0.2, 0.25) is 0 Å². The second kappa shape index (κ2) is 10.0. The molecule has 5 aromatic heterocycles. The first-order chi connectivity index (χ1) is 20.6. The minimum absolute atomic E-state index is 0.0756. The fourth-order valence-electron chi connectivity index (χ4n) is 6.33. The molecule has 11 nitrogen and oxygen atoms in total. The Morgan fingerprint density at radius 2 is 1.86 bits per heavy atom. The average molecular weight is 561 g/mol. The van der Waals surface area contributed by atoms with Crippen LogP contribution in [0.1, 0.15) is 32.1 Å². The molecule has 1 saturated heterocycles. The first kappa shape index (κ1) is 25.1. The SMILES string of the molecule is CN1CCN(c2ccnc3nc(-c4c5c(nc6cnc(-c7cncc(NC(=O)C8CCCCC8)c7)cc46)N5)[nH]c23)CC1. The fourth-order valence-corrected chi connectivity index (χ4v) is 6.33. The Kier molecular flexibility index (Phi) is 5.99. The zero-order chi connectivity index (χ0) is 28.2. The zero-order valence-corrected chi connectivity index (χ0v) is 23.5. The number of rotatable bonds is 5. The van der Waals surface area contributed by atoms with Gasteiger partial charge in [0.15, 0.2) is 11.5 Å². The summed E-state index contributed by atoms with van der Waals surface area (Å²) in [5, 5.41) is 7.33. The van der Waals surface area contributed by atoms with Gasteiger partial charge in [-0.05, 0) is 38.1 Å². The average Bonchev–Trinajstić information content (AvgIpc) is 3.67. The minimum atomic E-state index is 0.0756. The maximum absolute atomic E-state index is 12.9. The third-order valence-electron chi connectivity index (χ3n) is 8.78. The topological polar surface area (TPSA) is 138 Å². The van der Waals surface area contributed by atoms with E-state index in [1.165, 1.54) is 6.42 Å². The molecular weight excluding hydrogens is 528 g/mol. The van der Waals surface area contributed by atoms with Gasteiger partial charge in [0, 0.05) is 55.4 Å². The van der Waals surface area contributed by atoms with E-state index in [0.29, 0.717) is 11.3 Å². The zero-order valence-electron chi connectivity index (χ0n) is 23.5. The number of hydrogen-bond donors (Lipinski definition) is 3. The molecule has 212 valence electrons. The van der Waals surface area contributed by atoms with E-state index in [2.05, 4.69) is 48.5 Å². The standard InChI is InChI=1S/C31H32N10O/c1-40-9-11-41(12-10-40)24-7-8-33-29-26(24)37-28(39-29)25-21-14-22(34-17-23(21)36-30-27(25)38-30)19-13-20(16-32-15-19)35-31(42)18-5-3-2-4-6-18/h7-8,13-18H,2-6,9-12H2,1H3,(H,35,42)(H,36,38)(H,33,37,39). The third-order valence-corrected chi connectivity index (χ3v) is 8.78. The lowest BCUT2D eigenvalue weighted by Crippen LogP contribution is -2.44. The molecule has 0 bridgehead atoms. The maximum atomic E-state index is 12.9. The summed E-state index contributed by atoms with van der Waals surface area (Å²) in [7, 11) is 2.16. The first-order valence-corrected chi connectivity index (χ1v) is 14.8. The van der Waals surface area contributed by atoms with E-state index in [1.54, 1.807) is 18.6 Å². The van der Waals surface area contributed by atoms with E-state index in [1.807, 2.05) is 18.3 Å². The van der Waals surface area contributed by atoms with Gasteiger partial charge in [0.05, 0.1) is 46.2 Å². The maximum Gasteiger partial charge on any atom is 0.227 e. The molecule has 0 unspecified atom stereocenters. The molecule has 2 fully saturated rings. The van der Waals surface area contributed by atoms with Gasteiger partial charge >= 0.3 is 0 Å². The number of piperazine rings is 1. The summed E-state index contributed by atoms with van der Waals surface area (Å²) in [5.74, 6) is 1.74. The van der Waals surface area contributed by atoms with E-state index in [4.69, 9.17) is 15.0 Å². The van der Waals surface area contributed by atoms with Gasteiger partial charge in [-0.25, -0.2) is 15.0 Å². The number of nitrogens with one attached hydrogen (secondary N) is 3. The van der Waals surface area contributed by atoms with Crippen LogP contribution in [-0.2, 0) is 4.79 Å². The van der Waals surface area contributed by atoms with Crippen molar-refractivity contribution in [3.05, 3.63) is 43.0 Å². The number of hydrogen-bond acceptors (Lipinski definition) is 9. The van der Waals surface area contributed by atoms with Gasteiger partial charge in [-0.15, -0.1) is 0 Å². The van der Waals surface area contributed by atoms with Crippen molar-refractivity contribution in [2.24, 2.45) is 5.92 Å². The molecule has 5 aromatic rings. The van der Waals surface area contributed by atoms with E-state index in [0.717, 1.165) is 108 Å². The lowest BCUT2D eigenvalue weighted by molar-refractivity contribution is -0.120. The van der Waals surface area contributed by atoms with Gasteiger partial charge in [0.25, 0.3) is 0 Å². The molecule has 3 aliphatic rings. The Morgan fingerprint density at radius 3 is 2.71 bits per heavy atom. The molecule has 0 spiro atoms. The summed E-state index contributed by atoms with van der Waals surface area (Å²) in [5.41, 5.74) is 7.72. The predicted octanol–water partition coefficient (Wildman–Crippen LogP) is 4.96. The Balaban J connectivity index is 1.15. The number of aromatic nitrogens is 6. The molecular formula is C31H32N10O. The lowest BCUT2D eigenvalue weighted by atomic mass is 9.88. The highest BCUT2D eigenvalue weighted by Crippen LogP contribution is 2.49. The number of carbonyl (C=O) groups excluding carboxylic acids is 1. The van der Waals surface area contributed by atoms with Crippen LogP contribution in [0, 0.1) is 5.92 Å². The van der Waals surface area contributed by atoms with Crippen molar-refractivity contribution in [2.45, 2.75) is 32.1 Å². The van der Waals surface area contributed by atoms with E-state index < -0.39 is 0 Å². The predicted molar refractivity (Wildman–Crippen MR) is 164 cm³/mol. The van der Waals surface area contributed by atoms with Crippen molar-refractivity contribution in [2.75, 3.05) is 48.8 Å². The number of imidazole rings is 1. The Hall–Kier alpha value is -4.64. The monoisotopic (exact) mass is 560 g/mol. The summed E-state index contributed by atoms with van der Waals surface area (Å²) < 4.78 is 0. The van der Waals surface area contributed by atoms with E-state index in [-0.39, 0.29) is 11.8 Å². The van der Waals surface area contributed by atoms with Crippen LogP contribution < -0.4 is 15.5 Å². The van der Waals surface area contributed by atoms with Crippen molar-refractivity contribution < 1.29 is 4.79 Å². The molecule has 42 heavy (non-hydrogen) atoms. The Labute approximate surface area is 242 Å². The quantitative estimate of drug-likeness (QED) is 0.250. The molecule has 7 heterocycles. The van der Waals surface area contributed by atoms with Crippen LogP contribution in [-0.4, -0.2) is 73.9 Å². The molecule has 0 atom stereocenters. The highest BCUT2D eigenvalue weighted by molar-refractivity contribution is 6.12. The third kappa shape index (κ3) is 4.50. The number of amides is 1. The molecule has 1 amide bonds. The molecule has 8 rings (SSSR count). The highest BCUT2D eigenvalue weighted by atomic mass is 16.1. The second-order valence-corrected chi connectivity index (χ2v) is 11.6. The number of aromatic amines is 1. The molecule has 2 aliphatic heterocycles. The van der Waals surface area contributed by atoms with E-state index in [9.17, 15) is 4.79 Å². The molecule has 11 heteroatoms. The Bertz CT molecular complexity index is 1840. The van der Waals surface area contributed by atoms with Gasteiger partial charge < -0.3 is 25.4 Å². The molecule has 1 aliphatic carbocycles. The van der Waals surface area contributed by atoms with E-state index >= 15 is 0 Å². The van der Waals surface area contributed by atoms with Gasteiger partial charge in [-0.3, -0.25) is 14.8 Å². The molecule has 0 aromatic carbocycles. The van der Waals surface area contributed by atoms with Crippen LogP contribution in [0.4, 0.5) is 22.9 Å². The van der Waals surface area contributed by atoms with Crippen molar-refractivity contribution >= 4 is 50.9 Å². The smallest absolute Gasteiger partial charge is 0.227 e. The number of nitrogens with zero attached hydrogens (tertiary/aromatic N) is 7.